The van der Waals surface area contributed by atoms with Crippen LogP contribution in [0.25, 0.3) is 11.0 Å². The molecule has 1 amide bonds. The van der Waals surface area contributed by atoms with Gasteiger partial charge in [0.15, 0.2) is 5.65 Å². The van der Waals surface area contributed by atoms with Gasteiger partial charge in [-0.3, -0.25) is 9.48 Å². The minimum atomic E-state index is 0.0383. The molecule has 2 aromatic heterocycles. The van der Waals surface area contributed by atoms with Crippen LogP contribution in [-0.2, 0) is 11.8 Å². The third-order valence-corrected chi connectivity index (χ3v) is 3.10. The molecule has 0 saturated carbocycles. The summed E-state index contributed by atoms with van der Waals surface area (Å²) in [7, 11) is 1.86. The van der Waals surface area contributed by atoms with Crippen LogP contribution in [0.4, 0.5) is 5.69 Å². The number of aryl methyl sites for hydroxylation is 2. The standard InChI is InChI=1S/C14H20N4O/c1-9(2)5-6-13(19)16-11-7-12-10(3)17-18(4)14(12)15-8-11/h7-9H,5-6H2,1-4H3,(H,16,19). The summed E-state index contributed by atoms with van der Waals surface area (Å²) < 4.78 is 1.75. The lowest BCUT2D eigenvalue weighted by molar-refractivity contribution is -0.116. The van der Waals surface area contributed by atoms with Crippen LogP contribution in [0.5, 0.6) is 0 Å². The van der Waals surface area contributed by atoms with Crippen LogP contribution in [0.1, 0.15) is 32.4 Å². The average Bonchev–Trinajstić information content (AvgIpc) is 2.62. The summed E-state index contributed by atoms with van der Waals surface area (Å²) in [6.45, 7) is 6.16. The number of pyridine rings is 1. The molecule has 2 aromatic rings. The molecule has 0 aliphatic carbocycles. The van der Waals surface area contributed by atoms with Gasteiger partial charge in [-0.1, -0.05) is 13.8 Å². The number of rotatable bonds is 4. The second-order valence-corrected chi connectivity index (χ2v) is 5.28. The first-order chi connectivity index (χ1) is 8.97. The molecule has 5 heteroatoms. The Morgan fingerprint density at radius 3 is 2.89 bits per heavy atom. The Balaban J connectivity index is 2.13. The predicted molar refractivity (Wildman–Crippen MR) is 75.9 cm³/mol. The molecule has 19 heavy (non-hydrogen) atoms. The summed E-state index contributed by atoms with van der Waals surface area (Å²) in [5, 5.41) is 8.17. The smallest absolute Gasteiger partial charge is 0.224 e. The van der Waals surface area contributed by atoms with Crippen LogP contribution in [0.15, 0.2) is 12.3 Å². The minimum absolute atomic E-state index is 0.0383. The largest absolute Gasteiger partial charge is 0.325 e. The van der Waals surface area contributed by atoms with Gasteiger partial charge >= 0.3 is 0 Å². The monoisotopic (exact) mass is 260 g/mol. The third kappa shape index (κ3) is 3.10. The lowest BCUT2D eigenvalue weighted by atomic mass is 10.1. The van der Waals surface area contributed by atoms with Gasteiger partial charge in [0, 0.05) is 18.9 Å². The molecule has 0 unspecified atom stereocenters. The first-order valence-electron chi connectivity index (χ1n) is 6.56. The maximum Gasteiger partial charge on any atom is 0.224 e. The second kappa shape index (κ2) is 5.38. The zero-order chi connectivity index (χ0) is 14.0. The summed E-state index contributed by atoms with van der Waals surface area (Å²) in [6, 6.07) is 1.93. The molecule has 0 bridgehead atoms. The van der Waals surface area contributed by atoms with Crippen LogP contribution >= 0.6 is 0 Å². The van der Waals surface area contributed by atoms with E-state index in [1.54, 1.807) is 10.9 Å². The van der Waals surface area contributed by atoms with E-state index in [0.29, 0.717) is 12.3 Å². The normalized spacial score (nSPS) is 11.2. The molecule has 5 nitrogen and oxygen atoms in total. The fourth-order valence-corrected chi connectivity index (χ4v) is 2.02. The molecule has 0 aromatic carbocycles. The lowest BCUT2D eigenvalue weighted by Crippen LogP contribution is -2.12. The van der Waals surface area contributed by atoms with Gasteiger partial charge in [-0.25, -0.2) is 4.98 Å². The van der Waals surface area contributed by atoms with E-state index >= 15 is 0 Å². The van der Waals surface area contributed by atoms with Crippen molar-refractivity contribution in [3.8, 4) is 0 Å². The molecule has 0 spiro atoms. The fraction of sp³-hybridized carbons (Fsp3) is 0.500. The molecule has 0 radical (unpaired) electrons. The Hall–Kier alpha value is -1.91. The van der Waals surface area contributed by atoms with Gasteiger partial charge in [0.05, 0.1) is 17.6 Å². The Bertz CT molecular complexity index is 601. The molecule has 0 saturated heterocycles. The van der Waals surface area contributed by atoms with Gasteiger partial charge in [0.25, 0.3) is 0 Å². The van der Waals surface area contributed by atoms with Crippen LogP contribution in [0.3, 0.4) is 0 Å². The highest BCUT2D eigenvalue weighted by molar-refractivity contribution is 5.93. The first-order valence-corrected chi connectivity index (χ1v) is 6.56. The summed E-state index contributed by atoms with van der Waals surface area (Å²) in [4.78, 5) is 16.1. The van der Waals surface area contributed by atoms with Crippen LogP contribution < -0.4 is 5.32 Å². The van der Waals surface area contributed by atoms with E-state index in [-0.39, 0.29) is 5.91 Å². The van der Waals surface area contributed by atoms with Gasteiger partial charge in [0.1, 0.15) is 0 Å². The predicted octanol–water partition coefficient (Wildman–Crippen LogP) is 2.65. The van der Waals surface area contributed by atoms with E-state index < -0.39 is 0 Å². The van der Waals surface area contributed by atoms with Crippen LogP contribution in [0.2, 0.25) is 0 Å². The van der Waals surface area contributed by atoms with Crippen molar-refractivity contribution >= 4 is 22.6 Å². The number of fused-ring (bicyclic) bond motifs is 1. The Labute approximate surface area is 113 Å². The molecule has 2 heterocycles. The van der Waals surface area contributed by atoms with Gasteiger partial charge in [-0.15, -0.1) is 0 Å². The molecule has 0 aliphatic rings. The maximum absolute atomic E-state index is 11.8. The minimum Gasteiger partial charge on any atom is -0.325 e. The molecule has 1 N–H and O–H groups in total. The fourth-order valence-electron chi connectivity index (χ4n) is 2.02. The van der Waals surface area contributed by atoms with Crippen molar-refractivity contribution in [3.05, 3.63) is 18.0 Å². The maximum atomic E-state index is 11.8. The number of hydrogen-bond acceptors (Lipinski definition) is 3. The van der Waals surface area contributed by atoms with E-state index in [1.807, 2.05) is 20.0 Å². The zero-order valence-electron chi connectivity index (χ0n) is 11.9. The molecular formula is C14H20N4O. The topological polar surface area (TPSA) is 59.8 Å². The number of amides is 1. The summed E-state index contributed by atoms with van der Waals surface area (Å²) in [6.07, 6.45) is 3.12. The van der Waals surface area contributed by atoms with Crippen molar-refractivity contribution in [2.24, 2.45) is 13.0 Å². The van der Waals surface area contributed by atoms with E-state index in [4.69, 9.17) is 0 Å². The number of hydrogen-bond donors (Lipinski definition) is 1. The van der Waals surface area contributed by atoms with Crippen molar-refractivity contribution in [2.75, 3.05) is 5.32 Å². The van der Waals surface area contributed by atoms with E-state index in [2.05, 4.69) is 29.2 Å². The van der Waals surface area contributed by atoms with Crippen molar-refractivity contribution in [1.29, 1.82) is 0 Å². The quantitative estimate of drug-likeness (QED) is 0.919. The highest BCUT2D eigenvalue weighted by Crippen LogP contribution is 2.19. The lowest BCUT2D eigenvalue weighted by Gasteiger charge is -2.06. The van der Waals surface area contributed by atoms with E-state index in [0.717, 1.165) is 28.8 Å². The first kappa shape index (κ1) is 13.5. The van der Waals surface area contributed by atoms with E-state index in [1.165, 1.54) is 0 Å². The van der Waals surface area contributed by atoms with Crippen molar-refractivity contribution in [1.82, 2.24) is 14.8 Å². The third-order valence-electron chi connectivity index (χ3n) is 3.10. The highest BCUT2D eigenvalue weighted by atomic mass is 16.1. The Kier molecular flexibility index (Phi) is 3.83. The van der Waals surface area contributed by atoms with Gasteiger partial charge in [-0.2, -0.15) is 5.10 Å². The average molecular weight is 260 g/mol. The summed E-state index contributed by atoms with van der Waals surface area (Å²) in [5.41, 5.74) is 2.48. The number of anilines is 1. The van der Waals surface area contributed by atoms with Crippen LogP contribution in [0, 0.1) is 12.8 Å². The van der Waals surface area contributed by atoms with Crippen molar-refractivity contribution in [3.63, 3.8) is 0 Å². The van der Waals surface area contributed by atoms with Crippen molar-refractivity contribution < 1.29 is 4.79 Å². The highest BCUT2D eigenvalue weighted by Gasteiger charge is 2.09. The van der Waals surface area contributed by atoms with E-state index in [9.17, 15) is 4.79 Å². The summed E-state index contributed by atoms with van der Waals surface area (Å²) in [5.74, 6) is 0.573. The second-order valence-electron chi connectivity index (χ2n) is 5.28. The van der Waals surface area contributed by atoms with Crippen LogP contribution in [-0.4, -0.2) is 20.7 Å². The molecule has 0 aliphatic heterocycles. The number of aromatic nitrogens is 3. The number of nitrogens with zero attached hydrogens (tertiary/aromatic N) is 3. The molecule has 0 fully saturated rings. The van der Waals surface area contributed by atoms with Gasteiger partial charge < -0.3 is 5.32 Å². The van der Waals surface area contributed by atoms with Gasteiger partial charge in [-0.05, 0) is 25.3 Å². The molecule has 2 rings (SSSR count). The zero-order valence-corrected chi connectivity index (χ0v) is 11.9. The van der Waals surface area contributed by atoms with Gasteiger partial charge in [0.2, 0.25) is 5.91 Å². The van der Waals surface area contributed by atoms with Crippen molar-refractivity contribution in [2.45, 2.75) is 33.6 Å². The molecular weight excluding hydrogens is 240 g/mol. The summed E-state index contributed by atoms with van der Waals surface area (Å²) >= 11 is 0. The number of carbonyl (C=O) groups excluding carboxylic acids is 1. The Morgan fingerprint density at radius 1 is 1.47 bits per heavy atom. The number of nitrogens with one attached hydrogen (secondary N) is 1. The molecule has 0 atom stereocenters. The Morgan fingerprint density at radius 2 is 2.21 bits per heavy atom. The SMILES string of the molecule is Cc1nn(C)c2ncc(NC(=O)CCC(C)C)cc12. The number of carbonyl (C=O) groups is 1. The molecule has 102 valence electrons.